The first-order valence-electron chi connectivity index (χ1n) is 6.92. The Balaban J connectivity index is 2.23. The minimum absolute atomic E-state index is 0.0714. The van der Waals surface area contributed by atoms with Gasteiger partial charge in [0.05, 0.1) is 17.7 Å². The van der Waals surface area contributed by atoms with Crippen molar-refractivity contribution in [2.45, 2.75) is 13.8 Å². The number of nitrogens with one attached hydrogen (secondary N) is 1. The summed E-state index contributed by atoms with van der Waals surface area (Å²) >= 11 is 3.39. The van der Waals surface area contributed by atoms with Crippen LogP contribution in [0, 0.1) is 0 Å². The number of nitrogens with zero attached hydrogens (tertiary/aromatic N) is 2. The maximum atomic E-state index is 12.0. The first-order valence-corrected chi connectivity index (χ1v) is 7.71. The number of hydrogen-bond acceptors (Lipinski definition) is 4. The smallest absolute Gasteiger partial charge is 0.241 e. The van der Waals surface area contributed by atoms with Gasteiger partial charge in [-0.25, -0.2) is 0 Å². The Labute approximate surface area is 132 Å². The Kier molecular flexibility index (Phi) is 5.01. The van der Waals surface area contributed by atoms with E-state index in [1.807, 2.05) is 32.0 Å². The fourth-order valence-electron chi connectivity index (χ4n) is 2.22. The number of halogens is 1. The van der Waals surface area contributed by atoms with E-state index in [0.717, 1.165) is 21.1 Å². The number of likely N-dealkylation sites (N-methyl/N-ethyl adjacent to an activating group) is 1. The van der Waals surface area contributed by atoms with Gasteiger partial charge in [0.15, 0.2) is 0 Å². The standard InChI is InChI=1S/C15H19BrN4O/c1-3-20(4-2)14(21)9-18-13-6-5-12(17)11-7-10(16)8-19-15(11)13/h5-8,18H,3-4,9,17H2,1-2H3. The minimum atomic E-state index is 0.0714. The number of aromatic nitrogens is 1. The van der Waals surface area contributed by atoms with Crippen LogP contribution in [-0.2, 0) is 4.79 Å². The van der Waals surface area contributed by atoms with Crippen molar-refractivity contribution in [1.82, 2.24) is 9.88 Å². The minimum Gasteiger partial charge on any atom is -0.398 e. The van der Waals surface area contributed by atoms with Crippen molar-refractivity contribution in [3.05, 3.63) is 28.9 Å². The fraction of sp³-hybridized carbons (Fsp3) is 0.333. The van der Waals surface area contributed by atoms with E-state index < -0.39 is 0 Å². The van der Waals surface area contributed by atoms with Crippen LogP contribution in [0.3, 0.4) is 0 Å². The van der Waals surface area contributed by atoms with Gasteiger partial charge in [-0.1, -0.05) is 0 Å². The van der Waals surface area contributed by atoms with Crippen LogP contribution in [-0.4, -0.2) is 35.4 Å². The summed E-state index contributed by atoms with van der Waals surface area (Å²) < 4.78 is 0.873. The molecule has 1 heterocycles. The highest BCUT2D eigenvalue weighted by Gasteiger charge is 2.11. The summed E-state index contributed by atoms with van der Waals surface area (Å²) in [6.07, 6.45) is 1.72. The van der Waals surface area contributed by atoms with Gasteiger partial charge in [0.25, 0.3) is 0 Å². The van der Waals surface area contributed by atoms with Crippen LogP contribution >= 0.6 is 15.9 Å². The van der Waals surface area contributed by atoms with E-state index in [1.54, 1.807) is 11.1 Å². The summed E-state index contributed by atoms with van der Waals surface area (Å²) in [7, 11) is 0. The molecular formula is C15H19BrN4O. The number of nitrogens with two attached hydrogens (primary N) is 1. The van der Waals surface area contributed by atoms with Gasteiger partial charge in [0.1, 0.15) is 0 Å². The Morgan fingerprint density at radius 1 is 1.38 bits per heavy atom. The lowest BCUT2D eigenvalue weighted by molar-refractivity contribution is -0.128. The monoisotopic (exact) mass is 350 g/mol. The molecule has 0 aliphatic carbocycles. The van der Waals surface area contributed by atoms with Gasteiger partial charge in [-0.15, -0.1) is 0 Å². The maximum absolute atomic E-state index is 12.0. The van der Waals surface area contributed by atoms with Gasteiger partial charge in [0.2, 0.25) is 5.91 Å². The Bertz CT molecular complexity index is 655. The van der Waals surface area contributed by atoms with E-state index in [-0.39, 0.29) is 12.5 Å². The fourth-order valence-corrected chi connectivity index (χ4v) is 2.55. The largest absolute Gasteiger partial charge is 0.398 e. The zero-order valence-corrected chi connectivity index (χ0v) is 13.8. The Morgan fingerprint density at radius 2 is 2.10 bits per heavy atom. The lowest BCUT2D eigenvalue weighted by atomic mass is 10.1. The summed E-state index contributed by atoms with van der Waals surface area (Å²) in [5.41, 5.74) is 8.22. The summed E-state index contributed by atoms with van der Waals surface area (Å²) in [6.45, 7) is 5.62. The molecule has 112 valence electrons. The number of rotatable bonds is 5. The molecule has 0 fully saturated rings. The van der Waals surface area contributed by atoms with E-state index in [4.69, 9.17) is 5.73 Å². The number of anilines is 2. The second-order valence-corrected chi connectivity index (χ2v) is 5.59. The molecule has 0 spiro atoms. The molecular weight excluding hydrogens is 332 g/mol. The molecule has 1 aromatic carbocycles. The average Bonchev–Trinajstić information content (AvgIpc) is 2.48. The van der Waals surface area contributed by atoms with Crippen LogP contribution in [0.2, 0.25) is 0 Å². The Morgan fingerprint density at radius 3 is 2.76 bits per heavy atom. The van der Waals surface area contributed by atoms with E-state index in [1.165, 1.54) is 0 Å². The van der Waals surface area contributed by atoms with E-state index in [0.29, 0.717) is 18.8 Å². The van der Waals surface area contributed by atoms with E-state index in [2.05, 4.69) is 26.2 Å². The first kappa shape index (κ1) is 15.6. The average molecular weight is 351 g/mol. The number of pyridine rings is 1. The van der Waals surface area contributed by atoms with Gasteiger partial charge in [-0.3, -0.25) is 9.78 Å². The van der Waals surface area contributed by atoms with Crippen molar-refractivity contribution in [1.29, 1.82) is 0 Å². The highest BCUT2D eigenvalue weighted by Crippen LogP contribution is 2.28. The van der Waals surface area contributed by atoms with Crippen LogP contribution in [0.1, 0.15) is 13.8 Å². The number of carbonyl (C=O) groups excluding carboxylic acids is 1. The van der Waals surface area contributed by atoms with Crippen LogP contribution < -0.4 is 11.1 Å². The molecule has 0 aliphatic heterocycles. The van der Waals surface area contributed by atoms with Gasteiger partial charge >= 0.3 is 0 Å². The maximum Gasteiger partial charge on any atom is 0.241 e. The lowest BCUT2D eigenvalue weighted by Gasteiger charge is -2.19. The molecule has 0 unspecified atom stereocenters. The number of carbonyl (C=O) groups is 1. The highest BCUT2D eigenvalue weighted by molar-refractivity contribution is 9.10. The molecule has 0 aliphatic rings. The molecule has 0 bridgehead atoms. The summed E-state index contributed by atoms with van der Waals surface area (Å²) in [5, 5.41) is 4.02. The highest BCUT2D eigenvalue weighted by atomic mass is 79.9. The SMILES string of the molecule is CCN(CC)C(=O)CNc1ccc(N)c2cc(Br)cnc12. The lowest BCUT2D eigenvalue weighted by Crippen LogP contribution is -2.35. The normalized spacial score (nSPS) is 10.6. The molecule has 1 aromatic heterocycles. The molecule has 6 heteroatoms. The van der Waals surface area contributed by atoms with Gasteiger partial charge in [-0.2, -0.15) is 0 Å². The van der Waals surface area contributed by atoms with E-state index >= 15 is 0 Å². The molecule has 5 nitrogen and oxygen atoms in total. The topological polar surface area (TPSA) is 71.2 Å². The summed E-state index contributed by atoms with van der Waals surface area (Å²) in [6, 6.07) is 5.60. The summed E-state index contributed by atoms with van der Waals surface area (Å²) in [5.74, 6) is 0.0714. The Hall–Kier alpha value is -1.82. The third-order valence-corrected chi connectivity index (χ3v) is 3.83. The molecule has 0 saturated carbocycles. The van der Waals surface area contributed by atoms with Gasteiger partial charge < -0.3 is 16.0 Å². The van der Waals surface area contributed by atoms with Crippen LogP contribution in [0.4, 0.5) is 11.4 Å². The zero-order chi connectivity index (χ0) is 15.4. The number of fused-ring (bicyclic) bond motifs is 1. The van der Waals surface area contributed by atoms with Crippen molar-refractivity contribution in [2.24, 2.45) is 0 Å². The van der Waals surface area contributed by atoms with Crippen LogP contribution in [0.5, 0.6) is 0 Å². The number of nitrogen functional groups attached to an aromatic ring is 1. The second-order valence-electron chi connectivity index (χ2n) is 4.67. The van der Waals surface area contributed by atoms with Crippen molar-refractivity contribution in [3.63, 3.8) is 0 Å². The third kappa shape index (κ3) is 3.44. The summed E-state index contributed by atoms with van der Waals surface area (Å²) in [4.78, 5) is 18.2. The number of amides is 1. The van der Waals surface area contributed by atoms with Gasteiger partial charge in [0, 0.05) is 34.8 Å². The van der Waals surface area contributed by atoms with Crippen LogP contribution in [0.25, 0.3) is 10.9 Å². The van der Waals surface area contributed by atoms with Crippen LogP contribution in [0.15, 0.2) is 28.9 Å². The molecule has 0 radical (unpaired) electrons. The molecule has 0 saturated heterocycles. The van der Waals surface area contributed by atoms with E-state index in [9.17, 15) is 4.79 Å². The molecule has 1 amide bonds. The molecule has 21 heavy (non-hydrogen) atoms. The molecule has 2 rings (SSSR count). The number of benzene rings is 1. The van der Waals surface area contributed by atoms with Crippen molar-refractivity contribution >= 4 is 44.1 Å². The third-order valence-electron chi connectivity index (χ3n) is 3.40. The predicted molar refractivity (Wildman–Crippen MR) is 90.3 cm³/mol. The molecule has 2 aromatic rings. The molecule has 0 atom stereocenters. The quantitative estimate of drug-likeness (QED) is 0.813. The predicted octanol–water partition coefficient (Wildman–Crippen LogP) is 2.86. The first-order chi connectivity index (χ1) is 10.1. The zero-order valence-electron chi connectivity index (χ0n) is 12.2. The van der Waals surface area contributed by atoms with Crippen molar-refractivity contribution in [3.8, 4) is 0 Å². The number of hydrogen-bond donors (Lipinski definition) is 2. The van der Waals surface area contributed by atoms with Crippen molar-refractivity contribution < 1.29 is 4.79 Å². The molecule has 3 N–H and O–H groups in total. The van der Waals surface area contributed by atoms with Crippen molar-refractivity contribution in [2.75, 3.05) is 30.7 Å². The second kappa shape index (κ2) is 6.76. The van der Waals surface area contributed by atoms with Gasteiger partial charge in [-0.05, 0) is 48.0 Å².